The molecule has 2 rings (SSSR count). The third-order valence-corrected chi connectivity index (χ3v) is 3.47. The van der Waals surface area contributed by atoms with Crippen LogP contribution >= 0.6 is 0 Å². The first-order chi connectivity index (χ1) is 8.20. The number of rotatable bonds is 3. The summed E-state index contributed by atoms with van der Waals surface area (Å²) in [6.45, 7) is 8.86. The summed E-state index contributed by atoms with van der Waals surface area (Å²) in [4.78, 5) is 9.54. The van der Waals surface area contributed by atoms with Crippen molar-refractivity contribution in [3.8, 4) is 0 Å². The van der Waals surface area contributed by atoms with Gasteiger partial charge in [0.2, 0.25) is 0 Å². The van der Waals surface area contributed by atoms with E-state index in [4.69, 9.17) is 4.98 Å². The van der Waals surface area contributed by atoms with E-state index in [2.05, 4.69) is 42.8 Å². The van der Waals surface area contributed by atoms with E-state index < -0.39 is 0 Å². The van der Waals surface area contributed by atoms with Gasteiger partial charge in [0.25, 0.3) is 0 Å². The van der Waals surface area contributed by atoms with Gasteiger partial charge in [0.05, 0.1) is 11.4 Å². The number of aromatic nitrogens is 1. The molecular weight excluding hydrogens is 210 g/mol. The Labute approximate surface area is 104 Å². The van der Waals surface area contributed by atoms with Gasteiger partial charge >= 0.3 is 0 Å². The van der Waals surface area contributed by atoms with Crippen molar-refractivity contribution in [1.82, 2.24) is 9.88 Å². The Morgan fingerprint density at radius 1 is 1.18 bits per heavy atom. The Balaban J connectivity index is 2.10. The van der Waals surface area contributed by atoms with Crippen LogP contribution in [-0.4, -0.2) is 43.1 Å². The van der Waals surface area contributed by atoms with Crippen LogP contribution in [0.1, 0.15) is 24.7 Å². The summed E-state index contributed by atoms with van der Waals surface area (Å²) >= 11 is 0. The lowest BCUT2D eigenvalue weighted by atomic mass is 10.2. The largest absolute Gasteiger partial charge is 0.368 e. The molecule has 0 amide bonds. The standard InChI is InChI=1S/C14H23N3/c1-4-5-13-6-7-14(12(2)15-13)17-10-8-16(3)9-11-17/h6-7H,4-5,8-11H2,1-3H3. The smallest absolute Gasteiger partial charge is 0.0609 e. The third kappa shape index (κ3) is 2.97. The summed E-state index contributed by atoms with van der Waals surface area (Å²) < 4.78 is 0. The summed E-state index contributed by atoms with van der Waals surface area (Å²) in [6.07, 6.45) is 2.25. The highest BCUT2D eigenvalue weighted by Crippen LogP contribution is 2.20. The van der Waals surface area contributed by atoms with Gasteiger partial charge in [-0.2, -0.15) is 0 Å². The van der Waals surface area contributed by atoms with Gasteiger partial charge in [0, 0.05) is 31.9 Å². The molecule has 0 bridgehead atoms. The molecule has 3 nitrogen and oxygen atoms in total. The molecule has 0 spiro atoms. The molecule has 1 aromatic rings. The molecule has 0 aliphatic carbocycles. The van der Waals surface area contributed by atoms with E-state index >= 15 is 0 Å². The van der Waals surface area contributed by atoms with Crippen LogP contribution in [0.4, 0.5) is 5.69 Å². The zero-order chi connectivity index (χ0) is 12.3. The van der Waals surface area contributed by atoms with Crippen LogP contribution in [0.3, 0.4) is 0 Å². The molecule has 1 aliphatic heterocycles. The van der Waals surface area contributed by atoms with E-state index in [0.29, 0.717) is 0 Å². The summed E-state index contributed by atoms with van der Waals surface area (Å²) in [6, 6.07) is 4.43. The van der Waals surface area contributed by atoms with Crippen molar-refractivity contribution in [2.24, 2.45) is 0 Å². The molecule has 1 aromatic heterocycles. The summed E-state index contributed by atoms with van der Waals surface area (Å²) in [5, 5.41) is 0. The maximum Gasteiger partial charge on any atom is 0.0609 e. The van der Waals surface area contributed by atoms with Crippen LogP contribution in [-0.2, 0) is 6.42 Å². The van der Waals surface area contributed by atoms with Crippen LogP contribution in [0.5, 0.6) is 0 Å². The second-order valence-electron chi connectivity index (χ2n) is 4.95. The van der Waals surface area contributed by atoms with E-state index in [1.165, 1.54) is 23.5 Å². The number of likely N-dealkylation sites (N-methyl/N-ethyl adjacent to an activating group) is 1. The fourth-order valence-electron chi connectivity index (χ4n) is 2.38. The fraction of sp³-hybridized carbons (Fsp3) is 0.643. The second kappa shape index (κ2) is 5.50. The van der Waals surface area contributed by atoms with Crippen molar-refractivity contribution in [3.05, 3.63) is 23.5 Å². The molecule has 1 saturated heterocycles. The van der Waals surface area contributed by atoms with Gasteiger partial charge in [0.15, 0.2) is 0 Å². The highest BCUT2D eigenvalue weighted by atomic mass is 15.2. The van der Waals surface area contributed by atoms with Crippen molar-refractivity contribution >= 4 is 5.69 Å². The summed E-state index contributed by atoms with van der Waals surface area (Å²) in [5.41, 5.74) is 3.72. The van der Waals surface area contributed by atoms with E-state index in [1.807, 2.05) is 0 Å². The maximum atomic E-state index is 4.70. The molecule has 0 saturated carbocycles. The van der Waals surface area contributed by atoms with Crippen LogP contribution < -0.4 is 4.90 Å². The Kier molecular flexibility index (Phi) is 4.00. The number of anilines is 1. The predicted molar refractivity (Wildman–Crippen MR) is 72.7 cm³/mol. The lowest BCUT2D eigenvalue weighted by molar-refractivity contribution is 0.312. The van der Waals surface area contributed by atoms with Crippen LogP contribution in [0.25, 0.3) is 0 Å². The van der Waals surface area contributed by atoms with E-state index in [9.17, 15) is 0 Å². The molecule has 0 N–H and O–H groups in total. The molecule has 94 valence electrons. The molecule has 2 heterocycles. The maximum absolute atomic E-state index is 4.70. The molecule has 1 fully saturated rings. The third-order valence-electron chi connectivity index (χ3n) is 3.47. The fourth-order valence-corrected chi connectivity index (χ4v) is 2.38. The first-order valence-corrected chi connectivity index (χ1v) is 6.60. The zero-order valence-corrected chi connectivity index (χ0v) is 11.2. The highest BCUT2D eigenvalue weighted by molar-refractivity contribution is 5.51. The topological polar surface area (TPSA) is 19.4 Å². The molecule has 0 atom stereocenters. The molecule has 0 aromatic carbocycles. The number of piperazine rings is 1. The Morgan fingerprint density at radius 3 is 2.47 bits per heavy atom. The quantitative estimate of drug-likeness (QED) is 0.797. The van der Waals surface area contributed by atoms with Gasteiger partial charge < -0.3 is 9.80 Å². The number of pyridine rings is 1. The first-order valence-electron chi connectivity index (χ1n) is 6.60. The Bertz CT molecular complexity index is 368. The average molecular weight is 233 g/mol. The molecule has 3 heteroatoms. The predicted octanol–water partition coefficient (Wildman–Crippen LogP) is 2.09. The zero-order valence-electron chi connectivity index (χ0n) is 11.2. The van der Waals surface area contributed by atoms with Gasteiger partial charge in [-0.05, 0) is 32.5 Å². The van der Waals surface area contributed by atoms with Gasteiger partial charge in [0.1, 0.15) is 0 Å². The Hall–Kier alpha value is -1.09. The average Bonchev–Trinajstić information content (AvgIpc) is 2.31. The van der Waals surface area contributed by atoms with Gasteiger partial charge in [-0.25, -0.2) is 0 Å². The minimum Gasteiger partial charge on any atom is -0.368 e. The number of aryl methyl sites for hydroxylation is 2. The number of hydrogen-bond donors (Lipinski definition) is 0. The van der Waals surface area contributed by atoms with E-state index in [0.717, 1.165) is 32.6 Å². The van der Waals surface area contributed by atoms with Crippen molar-refractivity contribution in [3.63, 3.8) is 0 Å². The van der Waals surface area contributed by atoms with E-state index in [1.54, 1.807) is 0 Å². The van der Waals surface area contributed by atoms with E-state index in [-0.39, 0.29) is 0 Å². The molecule has 1 aliphatic rings. The Morgan fingerprint density at radius 2 is 1.88 bits per heavy atom. The van der Waals surface area contributed by atoms with Crippen LogP contribution in [0, 0.1) is 6.92 Å². The van der Waals surface area contributed by atoms with Crippen LogP contribution in [0.2, 0.25) is 0 Å². The molecule has 0 unspecified atom stereocenters. The molecule has 17 heavy (non-hydrogen) atoms. The number of hydrogen-bond acceptors (Lipinski definition) is 3. The van der Waals surface area contributed by atoms with Gasteiger partial charge in [-0.1, -0.05) is 13.3 Å². The highest BCUT2D eigenvalue weighted by Gasteiger charge is 2.16. The minimum absolute atomic E-state index is 1.09. The second-order valence-corrected chi connectivity index (χ2v) is 4.95. The lowest BCUT2D eigenvalue weighted by Gasteiger charge is -2.34. The SMILES string of the molecule is CCCc1ccc(N2CCN(C)CC2)c(C)n1. The first kappa shape index (κ1) is 12.4. The van der Waals surface area contributed by atoms with Crippen LogP contribution in [0.15, 0.2) is 12.1 Å². The lowest BCUT2D eigenvalue weighted by Crippen LogP contribution is -2.44. The van der Waals surface area contributed by atoms with Gasteiger partial charge in [-0.3, -0.25) is 4.98 Å². The van der Waals surface area contributed by atoms with Crippen molar-refractivity contribution in [1.29, 1.82) is 0 Å². The molecular formula is C14H23N3. The van der Waals surface area contributed by atoms with Crippen molar-refractivity contribution in [2.45, 2.75) is 26.7 Å². The monoisotopic (exact) mass is 233 g/mol. The summed E-state index contributed by atoms with van der Waals surface area (Å²) in [5.74, 6) is 0. The molecule has 0 radical (unpaired) electrons. The minimum atomic E-state index is 1.09. The van der Waals surface area contributed by atoms with Crippen molar-refractivity contribution < 1.29 is 0 Å². The summed E-state index contributed by atoms with van der Waals surface area (Å²) in [7, 11) is 2.19. The normalized spacial score (nSPS) is 17.5. The number of nitrogens with zero attached hydrogens (tertiary/aromatic N) is 3. The van der Waals surface area contributed by atoms with Crippen molar-refractivity contribution in [2.75, 3.05) is 38.1 Å². The van der Waals surface area contributed by atoms with Gasteiger partial charge in [-0.15, -0.1) is 0 Å².